The number of carbonyl (C=O) groups excluding carboxylic acids is 1. The van der Waals surface area contributed by atoms with Gasteiger partial charge in [0.1, 0.15) is 0 Å². The van der Waals surface area contributed by atoms with E-state index in [9.17, 15) is 4.79 Å². The molecule has 0 saturated heterocycles. The average molecular weight is 253 g/mol. The van der Waals surface area contributed by atoms with Crippen molar-refractivity contribution in [3.05, 3.63) is 35.9 Å². The van der Waals surface area contributed by atoms with Gasteiger partial charge in [0.2, 0.25) is 0 Å². The quantitative estimate of drug-likeness (QED) is 0.603. The Morgan fingerprint density at radius 2 is 1.94 bits per heavy atom. The van der Waals surface area contributed by atoms with E-state index in [1.807, 2.05) is 30.3 Å². The van der Waals surface area contributed by atoms with Crippen molar-refractivity contribution in [3.8, 4) is 0 Å². The van der Waals surface area contributed by atoms with Crippen LogP contribution in [0.25, 0.3) is 0 Å². The highest BCUT2D eigenvalue weighted by Gasteiger charge is 2.32. The van der Waals surface area contributed by atoms with E-state index < -0.39 is 0 Å². The van der Waals surface area contributed by atoms with E-state index in [0.717, 1.165) is 18.4 Å². The molecule has 0 heterocycles. The molecule has 3 heteroatoms. The maximum atomic E-state index is 12.0. The Morgan fingerprint density at radius 3 is 2.53 bits per heavy atom. The summed E-state index contributed by atoms with van der Waals surface area (Å²) in [6, 6.07) is 9.82. The van der Waals surface area contributed by atoms with Crippen LogP contribution < -0.4 is 0 Å². The lowest BCUT2D eigenvalue weighted by Gasteiger charge is -2.21. The summed E-state index contributed by atoms with van der Waals surface area (Å²) in [5.74, 6) is 0.0867. The van der Waals surface area contributed by atoms with E-state index >= 15 is 0 Å². The monoisotopic (exact) mass is 252 g/mol. The fourth-order valence-corrected chi connectivity index (χ4v) is 2.80. The molecule has 17 heavy (non-hydrogen) atoms. The number of benzene rings is 1. The van der Waals surface area contributed by atoms with E-state index in [1.165, 1.54) is 12.8 Å². The van der Waals surface area contributed by atoms with Crippen LogP contribution in [0, 0.1) is 5.92 Å². The van der Waals surface area contributed by atoms with Gasteiger partial charge in [0.05, 0.1) is 5.92 Å². The van der Waals surface area contributed by atoms with E-state index in [1.54, 1.807) is 0 Å². The van der Waals surface area contributed by atoms with Crippen LogP contribution >= 0.6 is 11.6 Å². The van der Waals surface area contributed by atoms with Crippen LogP contribution in [0.15, 0.2) is 30.3 Å². The van der Waals surface area contributed by atoms with Gasteiger partial charge in [-0.15, -0.1) is 0 Å². The average Bonchev–Trinajstić information content (AvgIpc) is 2.85. The molecule has 1 aliphatic rings. The van der Waals surface area contributed by atoms with Gasteiger partial charge in [-0.1, -0.05) is 54.8 Å². The third kappa shape index (κ3) is 3.01. The van der Waals surface area contributed by atoms with E-state index in [2.05, 4.69) is 0 Å². The van der Waals surface area contributed by atoms with E-state index in [-0.39, 0.29) is 18.0 Å². The largest absolute Gasteiger partial charge is 0.449 e. The molecule has 2 rings (SSSR count). The van der Waals surface area contributed by atoms with Crippen molar-refractivity contribution in [2.24, 2.45) is 5.92 Å². The van der Waals surface area contributed by atoms with Crippen LogP contribution in [0.4, 0.5) is 0 Å². The summed E-state index contributed by atoms with van der Waals surface area (Å²) in [5, 5.41) is 0. The van der Waals surface area contributed by atoms with Gasteiger partial charge in [0.15, 0.2) is 6.07 Å². The minimum atomic E-state index is -0.182. The number of ether oxygens (including phenoxy) is 1. The smallest absolute Gasteiger partial charge is 0.314 e. The summed E-state index contributed by atoms with van der Waals surface area (Å²) in [5.41, 5.74) is 1.05. The van der Waals surface area contributed by atoms with Crippen molar-refractivity contribution < 1.29 is 9.53 Å². The molecule has 0 amide bonds. The zero-order valence-corrected chi connectivity index (χ0v) is 10.5. The highest BCUT2D eigenvalue weighted by molar-refractivity contribution is 6.17. The van der Waals surface area contributed by atoms with Crippen LogP contribution in [-0.2, 0) is 9.53 Å². The Bertz CT molecular complexity index is 358. The molecule has 0 unspecified atom stereocenters. The number of hydrogen-bond acceptors (Lipinski definition) is 2. The third-order valence-corrected chi connectivity index (χ3v) is 3.59. The van der Waals surface area contributed by atoms with Gasteiger partial charge in [-0.25, -0.2) is 0 Å². The topological polar surface area (TPSA) is 26.3 Å². The molecule has 1 aliphatic carbocycles. The van der Waals surface area contributed by atoms with Crippen molar-refractivity contribution in [3.63, 3.8) is 0 Å². The number of hydrogen-bond donors (Lipinski definition) is 0. The predicted molar refractivity (Wildman–Crippen MR) is 68.0 cm³/mol. The summed E-state index contributed by atoms with van der Waals surface area (Å²) in [6.45, 7) is 0. The fourth-order valence-electron chi connectivity index (χ4n) is 2.70. The maximum absolute atomic E-state index is 12.0. The Morgan fingerprint density at radius 1 is 1.29 bits per heavy atom. The Kier molecular flexibility index (Phi) is 4.43. The minimum absolute atomic E-state index is 0.0606. The summed E-state index contributed by atoms with van der Waals surface area (Å²) in [6.07, 6.45) is 4.64. The molecule has 1 aromatic carbocycles. The van der Waals surface area contributed by atoms with Crippen molar-refractivity contribution in [1.82, 2.24) is 0 Å². The summed E-state index contributed by atoms with van der Waals surface area (Å²) in [4.78, 5) is 12.0. The molecule has 0 aromatic heterocycles. The van der Waals surface area contributed by atoms with Gasteiger partial charge in [-0.05, 0) is 24.3 Å². The molecular weight excluding hydrogens is 236 g/mol. The first kappa shape index (κ1) is 12.4. The second-order valence-corrected chi connectivity index (χ2v) is 4.72. The van der Waals surface area contributed by atoms with Crippen LogP contribution in [0.5, 0.6) is 0 Å². The number of halogens is 1. The molecule has 0 radical (unpaired) electrons. The zero-order valence-electron chi connectivity index (χ0n) is 9.77. The molecular formula is C14H17ClO2. The second-order valence-electron chi connectivity index (χ2n) is 4.51. The number of rotatable bonds is 4. The number of esters is 1. The van der Waals surface area contributed by atoms with Crippen LogP contribution in [-0.4, -0.2) is 12.0 Å². The molecule has 92 valence electrons. The highest BCUT2D eigenvalue weighted by Crippen LogP contribution is 2.38. The summed E-state index contributed by atoms with van der Waals surface area (Å²) >= 11 is 5.49. The molecule has 0 N–H and O–H groups in total. The lowest BCUT2D eigenvalue weighted by molar-refractivity contribution is -0.144. The van der Waals surface area contributed by atoms with Crippen LogP contribution in [0.1, 0.15) is 37.2 Å². The lowest BCUT2D eigenvalue weighted by atomic mass is 9.85. The first-order chi connectivity index (χ1) is 8.33. The van der Waals surface area contributed by atoms with Gasteiger partial charge < -0.3 is 4.74 Å². The molecule has 1 fully saturated rings. The van der Waals surface area contributed by atoms with Gasteiger partial charge in [0, 0.05) is 0 Å². The molecule has 0 aliphatic heterocycles. The Balaban J connectivity index is 2.20. The van der Waals surface area contributed by atoms with Crippen LogP contribution in [0.3, 0.4) is 0 Å². The summed E-state index contributed by atoms with van der Waals surface area (Å²) in [7, 11) is 0. The highest BCUT2D eigenvalue weighted by atomic mass is 35.5. The molecule has 1 aromatic rings. The van der Waals surface area contributed by atoms with Gasteiger partial charge in [0.25, 0.3) is 0 Å². The van der Waals surface area contributed by atoms with E-state index in [4.69, 9.17) is 16.3 Å². The number of carbonyl (C=O) groups is 1. The second kappa shape index (κ2) is 6.06. The SMILES string of the molecule is O=C(OCCl)[C@@H](c1ccccc1)C1CCCC1. The predicted octanol–water partition coefficient (Wildman–Crippen LogP) is 3.70. The number of alkyl halides is 1. The Hall–Kier alpha value is -1.02. The van der Waals surface area contributed by atoms with Crippen molar-refractivity contribution in [2.75, 3.05) is 6.07 Å². The van der Waals surface area contributed by atoms with Crippen molar-refractivity contribution in [2.45, 2.75) is 31.6 Å². The molecule has 1 atom stereocenters. The fraction of sp³-hybridized carbons (Fsp3) is 0.500. The minimum Gasteiger partial charge on any atom is -0.449 e. The molecule has 0 spiro atoms. The first-order valence-electron chi connectivity index (χ1n) is 6.10. The molecule has 0 bridgehead atoms. The van der Waals surface area contributed by atoms with Gasteiger partial charge in [-0.2, -0.15) is 0 Å². The normalized spacial score (nSPS) is 17.9. The summed E-state index contributed by atoms with van der Waals surface area (Å²) < 4.78 is 5.00. The molecule has 2 nitrogen and oxygen atoms in total. The van der Waals surface area contributed by atoms with Crippen molar-refractivity contribution >= 4 is 17.6 Å². The third-order valence-electron chi connectivity index (χ3n) is 3.48. The maximum Gasteiger partial charge on any atom is 0.314 e. The van der Waals surface area contributed by atoms with Crippen LogP contribution in [0.2, 0.25) is 0 Å². The van der Waals surface area contributed by atoms with Gasteiger partial charge in [-0.3, -0.25) is 4.79 Å². The zero-order chi connectivity index (χ0) is 12.1. The Labute approximate surface area is 107 Å². The lowest BCUT2D eigenvalue weighted by Crippen LogP contribution is -2.22. The van der Waals surface area contributed by atoms with Gasteiger partial charge >= 0.3 is 5.97 Å². The first-order valence-corrected chi connectivity index (χ1v) is 6.64. The standard InChI is InChI=1S/C14H17ClO2/c15-10-17-14(16)13(12-8-4-5-9-12)11-6-2-1-3-7-11/h1-3,6-7,12-13H,4-5,8-10H2/t13-/m0/s1. The molecule has 1 saturated carbocycles. The van der Waals surface area contributed by atoms with Crippen molar-refractivity contribution in [1.29, 1.82) is 0 Å². The van der Waals surface area contributed by atoms with E-state index in [0.29, 0.717) is 5.92 Å².